The van der Waals surface area contributed by atoms with Crippen LogP contribution in [-0.2, 0) is 4.74 Å². The fourth-order valence-electron chi connectivity index (χ4n) is 6.06. The molecule has 1 aliphatic rings. The van der Waals surface area contributed by atoms with E-state index in [4.69, 9.17) is 4.74 Å². The third-order valence-electron chi connectivity index (χ3n) is 9.29. The van der Waals surface area contributed by atoms with Gasteiger partial charge in [-0.15, -0.1) is 0 Å². The summed E-state index contributed by atoms with van der Waals surface area (Å²) in [5.74, 6) is 1.88. The van der Waals surface area contributed by atoms with Gasteiger partial charge in [-0.05, 0) is 87.7 Å². The van der Waals surface area contributed by atoms with Crippen molar-refractivity contribution in [1.29, 1.82) is 0 Å². The average Bonchev–Trinajstić information content (AvgIpc) is 2.90. The van der Waals surface area contributed by atoms with Crippen LogP contribution in [0.3, 0.4) is 0 Å². The minimum atomic E-state index is -1.35. The molecule has 0 spiro atoms. The summed E-state index contributed by atoms with van der Waals surface area (Å²) in [6, 6.07) is 0. The fourth-order valence-corrected chi connectivity index (χ4v) is 6.06. The number of alkyl halides is 2. The number of hydrogen-bond acceptors (Lipinski definition) is 2. The maximum Gasteiger partial charge on any atom is 0.125 e. The predicted molar refractivity (Wildman–Crippen MR) is 169 cm³/mol. The summed E-state index contributed by atoms with van der Waals surface area (Å²) in [5.41, 5.74) is -0.252. The summed E-state index contributed by atoms with van der Waals surface area (Å²) in [5, 5.41) is 10.8. The zero-order valence-corrected chi connectivity index (χ0v) is 27.4. The lowest BCUT2D eigenvalue weighted by molar-refractivity contribution is 0.0533. The van der Waals surface area contributed by atoms with Crippen LogP contribution >= 0.6 is 0 Å². The molecule has 0 aliphatic carbocycles. The van der Waals surface area contributed by atoms with Crippen LogP contribution in [0.15, 0.2) is 47.8 Å². The van der Waals surface area contributed by atoms with E-state index in [1.165, 1.54) is 0 Å². The van der Waals surface area contributed by atoms with Gasteiger partial charge in [0.05, 0.1) is 11.9 Å². The fraction of sp³-hybridized carbons (Fsp3) is 0.778. The zero-order chi connectivity index (χ0) is 30.5. The topological polar surface area (TPSA) is 29.5 Å². The Balaban J connectivity index is 3.15. The molecular formula is C36H62F2O2. The van der Waals surface area contributed by atoms with Crippen LogP contribution in [0.4, 0.5) is 8.78 Å². The maximum absolute atomic E-state index is 15.7. The second-order valence-corrected chi connectivity index (χ2v) is 13.1. The molecule has 1 heterocycles. The lowest BCUT2D eigenvalue weighted by Gasteiger charge is -2.32. The molecule has 0 saturated carbocycles. The highest BCUT2D eigenvalue weighted by Gasteiger charge is 2.33. The second-order valence-electron chi connectivity index (χ2n) is 13.1. The highest BCUT2D eigenvalue weighted by atomic mass is 19.1. The Labute approximate surface area is 246 Å². The molecule has 4 heteroatoms. The van der Waals surface area contributed by atoms with Gasteiger partial charge in [0.1, 0.15) is 17.9 Å². The van der Waals surface area contributed by atoms with Crippen molar-refractivity contribution in [3.05, 3.63) is 47.8 Å². The molecule has 1 rings (SSSR count). The van der Waals surface area contributed by atoms with E-state index in [9.17, 15) is 9.50 Å². The van der Waals surface area contributed by atoms with Crippen LogP contribution in [0.25, 0.3) is 0 Å². The number of rotatable bonds is 12. The van der Waals surface area contributed by atoms with Crippen molar-refractivity contribution in [2.75, 3.05) is 0 Å². The van der Waals surface area contributed by atoms with Crippen LogP contribution in [0, 0.1) is 35.5 Å². The van der Waals surface area contributed by atoms with Crippen molar-refractivity contribution in [2.45, 2.75) is 145 Å². The first-order valence-electron chi connectivity index (χ1n) is 16.2. The van der Waals surface area contributed by atoms with E-state index in [0.717, 1.165) is 37.0 Å². The second kappa shape index (κ2) is 18.2. The number of aliphatic hydroxyl groups excluding tert-OH is 1. The molecule has 0 aromatic rings. The number of halogens is 2. The van der Waals surface area contributed by atoms with Crippen molar-refractivity contribution in [3.8, 4) is 0 Å². The Kier molecular flexibility index (Phi) is 16.6. The van der Waals surface area contributed by atoms with Gasteiger partial charge in [0.25, 0.3) is 0 Å². The van der Waals surface area contributed by atoms with E-state index in [-0.39, 0.29) is 23.9 Å². The summed E-state index contributed by atoms with van der Waals surface area (Å²) in [7, 11) is 0. The third kappa shape index (κ3) is 12.2. The number of aliphatic hydroxyl groups is 1. The van der Waals surface area contributed by atoms with Crippen molar-refractivity contribution >= 4 is 0 Å². The Morgan fingerprint density at radius 1 is 1.15 bits per heavy atom. The lowest BCUT2D eigenvalue weighted by Crippen LogP contribution is -2.31. The van der Waals surface area contributed by atoms with Gasteiger partial charge in [-0.1, -0.05) is 92.2 Å². The smallest absolute Gasteiger partial charge is 0.125 e. The molecule has 2 nitrogen and oxygen atoms in total. The molecule has 0 radical (unpaired) electrons. The molecule has 1 aliphatic heterocycles. The number of ether oxygens (including phenoxy) is 1. The van der Waals surface area contributed by atoms with Crippen LogP contribution < -0.4 is 0 Å². The molecule has 0 saturated heterocycles. The summed E-state index contributed by atoms with van der Waals surface area (Å²) in [6.07, 6.45) is 16.4. The molecule has 0 aromatic heterocycles. The monoisotopic (exact) mass is 564 g/mol. The quantitative estimate of drug-likeness (QED) is 0.189. The lowest BCUT2D eigenvalue weighted by atomic mass is 9.78. The normalized spacial score (nSPS) is 32.9. The van der Waals surface area contributed by atoms with E-state index in [1.807, 2.05) is 19.9 Å². The first-order valence-corrected chi connectivity index (χ1v) is 16.2. The van der Waals surface area contributed by atoms with Crippen LogP contribution in [0.1, 0.15) is 121 Å². The largest absolute Gasteiger partial charge is 0.490 e. The van der Waals surface area contributed by atoms with Gasteiger partial charge >= 0.3 is 0 Å². The molecule has 0 fully saturated rings. The van der Waals surface area contributed by atoms with E-state index in [0.29, 0.717) is 43.4 Å². The van der Waals surface area contributed by atoms with Crippen LogP contribution in [0.2, 0.25) is 0 Å². The first-order chi connectivity index (χ1) is 18.8. The summed E-state index contributed by atoms with van der Waals surface area (Å²) < 4.78 is 36.6. The molecule has 232 valence electrons. The van der Waals surface area contributed by atoms with Gasteiger partial charge in [-0.3, -0.25) is 0 Å². The molecule has 10 unspecified atom stereocenters. The highest BCUT2D eigenvalue weighted by molar-refractivity contribution is 5.19. The van der Waals surface area contributed by atoms with Crippen molar-refractivity contribution in [1.82, 2.24) is 0 Å². The summed E-state index contributed by atoms with van der Waals surface area (Å²) >= 11 is 0. The van der Waals surface area contributed by atoms with Gasteiger partial charge in [0.15, 0.2) is 0 Å². The number of hydrogen-bond donors (Lipinski definition) is 1. The van der Waals surface area contributed by atoms with Gasteiger partial charge in [-0.2, -0.15) is 0 Å². The van der Waals surface area contributed by atoms with E-state index < -0.39 is 17.9 Å². The maximum atomic E-state index is 15.7. The Bertz CT molecular complexity index is 827. The van der Waals surface area contributed by atoms with Gasteiger partial charge in [0, 0.05) is 18.3 Å². The molecule has 1 N–H and O–H groups in total. The first kappa shape index (κ1) is 36.6. The molecule has 0 aromatic carbocycles. The van der Waals surface area contributed by atoms with Crippen molar-refractivity contribution in [3.63, 3.8) is 0 Å². The Hall–Kier alpha value is -1.42. The molecule has 10 atom stereocenters. The van der Waals surface area contributed by atoms with Gasteiger partial charge < -0.3 is 9.84 Å². The highest BCUT2D eigenvalue weighted by Crippen LogP contribution is 2.35. The van der Waals surface area contributed by atoms with Crippen LogP contribution in [0.5, 0.6) is 0 Å². The molecule has 0 amide bonds. The molecular weight excluding hydrogens is 502 g/mol. The zero-order valence-electron chi connectivity index (χ0n) is 27.4. The molecule has 0 bridgehead atoms. The van der Waals surface area contributed by atoms with Crippen LogP contribution in [-0.4, -0.2) is 29.2 Å². The minimum absolute atomic E-state index is 0.0450. The Morgan fingerprint density at radius 3 is 2.42 bits per heavy atom. The van der Waals surface area contributed by atoms with Gasteiger partial charge in [-0.25, -0.2) is 8.78 Å². The van der Waals surface area contributed by atoms with E-state index >= 15 is 4.39 Å². The summed E-state index contributed by atoms with van der Waals surface area (Å²) in [6.45, 7) is 20.7. The predicted octanol–water partition coefficient (Wildman–Crippen LogP) is 10.7. The van der Waals surface area contributed by atoms with E-state index in [2.05, 4.69) is 78.8 Å². The van der Waals surface area contributed by atoms with Gasteiger partial charge in [0.2, 0.25) is 0 Å². The average molecular weight is 565 g/mol. The Morgan fingerprint density at radius 2 is 1.82 bits per heavy atom. The van der Waals surface area contributed by atoms with Crippen molar-refractivity contribution in [2.24, 2.45) is 35.5 Å². The third-order valence-corrected chi connectivity index (χ3v) is 9.29. The van der Waals surface area contributed by atoms with E-state index in [1.54, 1.807) is 6.92 Å². The SMILES string of the molecule is CC/C=C1/CC(O)CCC(C)(F)C(CCC)/C=C/C(C)C(/C(C)=C/C=C/C(C)CC(C)C(C)C(C)C(F)CC)O1. The standard InChI is InChI=1S/C36H62F2O2/c1-11-15-31-20-19-27(6)35(40-33(16-12-2)24-32(39)21-22-36(31,10)38)26(5)18-14-17-25(4)23-28(7)29(8)30(9)34(37)13-3/h14,16-20,25,27-32,34-35,39H,11-13,15,21-24H2,1-10H3/b17-14+,20-19+,26-18+,33-16-. The minimum Gasteiger partial charge on any atom is -0.490 e. The summed E-state index contributed by atoms with van der Waals surface area (Å²) in [4.78, 5) is 0. The van der Waals surface area contributed by atoms with Crippen molar-refractivity contribution < 1.29 is 18.6 Å². The molecule has 40 heavy (non-hydrogen) atoms. The number of allylic oxidation sites excluding steroid dienone is 5.